The minimum absolute atomic E-state index is 0.0850. The Morgan fingerprint density at radius 3 is 2.41 bits per heavy atom. The van der Waals surface area contributed by atoms with Crippen LogP contribution in [0.2, 0.25) is 0 Å². The smallest absolute Gasteiger partial charge is 0.337 e. The summed E-state index contributed by atoms with van der Waals surface area (Å²) >= 11 is 0. The zero-order valence-corrected chi connectivity index (χ0v) is 20.7. The summed E-state index contributed by atoms with van der Waals surface area (Å²) in [4.78, 5) is 31.4. The van der Waals surface area contributed by atoms with E-state index in [1.807, 2.05) is 71.1 Å². The van der Waals surface area contributed by atoms with Crippen molar-refractivity contribution in [3.63, 3.8) is 0 Å². The zero-order chi connectivity index (χ0) is 25.5. The third-order valence-electron chi connectivity index (χ3n) is 6.83. The molecule has 0 saturated carbocycles. The topological polar surface area (TPSA) is 79.8 Å². The first-order valence-electron chi connectivity index (χ1n) is 12.2. The van der Waals surface area contributed by atoms with Gasteiger partial charge in [-0.15, -0.1) is 0 Å². The lowest BCUT2D eigenvalue weighted by Gasteiger charge is -2.11. The number of benzene rings is 3. The van der Waals surface area contributed by atoms with Crippen LogP contribution in [0.25, 0.3) is 38.7 Å². The number of carbonyl (C=O) groups is 1. The molecule has 0 saturated heterocycles. The van der Waals surface area contributed by atoms with E-state index in [0.717, 1.165) is 33.9 Å². The summed E-state index contributed by atoms with van der Waals surface area (Å²) in [5.74, 6) is 0.291. The van der Waals surface area contributed by atoms with Crippen molar-refractivity contribution < 1.29 is 14.3 Å². The Bertz CT molecular complexity index is 1850. The average Bonchev–Trinajstić information content (AvgIpc) is 3.46. The molecule has 37 heavy (non-hydrogen) atoms. The first-order valence-corrected chi connectivity index (χ1v) is 12.2. The Labute approximate surface area is 212 Å². The van der Waals surface area contributed by atoms with Gasteiger partial charge in [-0.1, -0.05) is 48.5 Å². The highest BCUT2D eigenvalue weighted by atomic mass is 16.5. The number of esters is 1. The van der Waals surface area contributed by atoms with Crippen LogP contribution in [-0.4, -0.2) is 45.3 Å². The summed E-state index contributed by atoms with van der Waals surface area (Å²) in [5.41, 5.74) is 4.50. The highest BCUT2D eigenvalue weighted by Gasteiger charge is 2.23. The predicted octanol–water partition coefficient (Wildman–Crippen LogP) is 4.63. The number of nitrogens with zero attached hydrogens (tertiary/aromatic N) is 4. The first kappa shape index (κ1) is 23.0. The number of carbonyl (C=O) groups excluding carboxylic acids is 1. The van der Waals surface area contributed by atoms with Gasteiger partial charge in [0.2, 0.25) is 5.78 Å². The van der Waals surface area contributed by atoms with Crippen molar-refractivity contribution >= 4 is 44.7 Å². The van der Waals surface area contributed by atoms with Crippen molar-refractivity contribution in [2.75, 3.05) is 20.8 Å². The fourth-order valence-electron chi connectivity index (χ4n) is 5.13. The molecule has 0 aliphatic carbocycles. The van der Waals surface area contributed by atoms with Crippen LogP contribution in [0.1, 0.15) is 22.3 Å². The molecule has 0 aliphatic heterocycles. The second-order valence-corrected chi connectivity index (χ2v) is 9.03. The molecule has 186 valence electrons. The van der Waals surface area contributed by atoms with Gasteiger partial charge in [-0.3, -0.25) is 13.8 Å². The maximum Gasteiger partial charge on any atom is 0.337 e. The standard InChI is InChI=1S/C29H26N4O4/c1-36-16-8-15-31-23-14-13-20(28(35)37-2)17-24(23)33-26-25(30-29(31)33)21-11-6-7-12-22(21)27(34)32(26)18-19-9-4-3-5-10-19/h3-7,9-14,17H,8,15-16,18H2,1-2H3. The Kier molecular flexibility index (Phi) is 5.73. The van der Waals surface area contributed by atoms with Gasteiger partial charge in [0, 0.05) is 31.0 Å². The molecule has 0 bridgehead atoms. The lowest BCUT2D eigenvalue weighted by molar-refractivity contribution is 0.0601. The number of hydrogen-bond donors (Lipinski definition) is 0. The molecule has 3 heterocycles. The molecule has 8 heteroatoms. The molecule has 3 aromatic carbocycles. The summed E-state index contributed by atoms with van der Waals surface area (Å²) in [7, 11) is 3.05. The number of pyridine rings is 1. The van der Waals surface area contributed by atoms with Crippen LogP contribution in [0.15, 0.2) is 77.6 Å². The van der Waals surface area contributed by atoms with E-state index in [4.69, 9.17) is 14.5 Å². The molecule has 0 atom stereocenters. The van der Waals surface area contributed by atoms with Crippen molar-refractivity contribution in [2.45, 2.75) is 19.5 Å². The number of fused-ring (bicyclic) bond motifs is 7. The number of ether oxygens (including phenoxy) is 2. The summed E-state index contributed by atoms with van der Waals surface area (Å²) in [6.07, 6.45) is 0.787. The minimum atomic E-state index is -0.418. The lowest BCUT2D eigenvalue weighted by atomic mass is 10.1. The van der Waals surface area contributed by atoms with Crippen molar-refractivity contribution in [1.29, 1.82) is 0 Å². The van der Waals surface area contributed by atoms with Gasteiger partial charge in [0.05, 0.1) is 30.3 Å². The van der Waals surface area contributed by atoms with E-state index in [1.54, 1.807) is 17.7 Å². The van der Waals surface area contributed by atoms with Gasteiger partial charge >= 0.3 is 5.97 Å². The number of imidazole rings is 2. The number of rotatable bonds is 7. The van der Waals surface area contributed by atoms with Gasteiger partial charge in [0.15, 0.2) is 5.65 Å². The molecule has 0 fully saturated rings. The van der Waals surface area contributed by atoms with E-state index in [1.165, 1.54) is 7.11 Å². The molecule has 0 unspecified atom stereocenters. The molecule has 0 spiro atoms. The average molecular weight is 495 g/mol. The first-order chi connectivity index (χ1) is 18.1. The molecule has 6 aromatic rings. The highest BCUT2D eigenvalue weighted by Crippen LogP contribution is 2.30. The van der Waals surface area contributed by atoms with Crippen molar-refractivity contribution in [3.05, 3.63) is 94.3 Å². The zero-order valence-electron chi connectivity index (χ0n) is 20.7. The van der Waals surface area contributed by atoms with Crippen molar-refractivity contribution in [1.82, 2.24) is 18.5 Å². The lowest BCUT2D eigenvalue weighted by Crippen LogP contribution is -2.22. The maximum absolute atomic E-state index is 13.9. The molecule has 0 radical (unpaired) electrons. The number of hydrogen-bond acceptors (Lipinski definition) is 5. The van der Waals surface area contributed by atoms with Crippen LogP contribution in [-0.2, 0) is 22.6 Å². The fourth-order valence-corrected chi connectivity index (χ4v) is 5.13. The Hall–Kier alpha value is -4.43. The van der Waals surface area contributed by atoms with Gasteiger partial charge in [-0.05, 0) is 36.2 Å². The van der Waals surface area contributed by atoms with Gasteiger partial charge in [0.1, 0.15) is 5.52 Å². The summed E-state index contributed by atoms with van der Waals surface area (Å²) in [6, 6.07) is 23.0. The number of aryl methyl sites for hydroxylation is 1. The summed E-state index contributed by atoms with van der Waals surface area (Å²) < 4.78 is 16.2. The van der Waals surface area contributed by atoms with E-state index in [2.05, 4.69) is 4.57 Å². The SMILES string of the molecule is COCCCn1c2ccc(C(=O)OC)cc2n2c3c(nc12)c1ccccc1c(=O)n3Cc1ccccc1. The van der Waals surface area contributed by atoms with Gasteiger partial charge in [-0.2, -0.15) is 0 Å². The number of aromatic nitrogens is 4. The van der Waals surface area contributed by atoms with Crippen molar-refractivity contribution in [3.8, 4) is 0 Å². The second kappa shape index (κ2) is 9.22. The second-order valence-electron chi connectivity index (χ2n) is 9.03. The van der Waals surface area contributed by atoms with E-state index in [0.29, 0.717) is 42.1 Å². The Balaban J connectivity index is 1.76. The monoisotopic (exact) mass is 494 g/mol. The molecule has 0 amide bonds. The highest BCUT2D eigenvalue weighted by molar-refractivity contribution is 6.05. The molecular weight excluding hydrogens is 468 g/mol. The van der Waals surface area contributed by atoms with Crippen LogP contribution >= 0.6 is 0 Å². The van der Waals surface area contributed by atoms with E-state index < -0.39 is 5.97 Å². The molecule has 3 aromatic heterocycles. The largest absolute Gasteiger partial charge is 0.465 e. The minimum Gasteiger partial charge on any atom is -0.465 e. The third kappa shape index (κ3) is 3.68. The van der Waals surface area contributed by atoms with Crippen molar-refractivity contribution in [2.24, 2.45) is 0 Å². The predicted molar refractivity (Wildman–Crippen MR) is 143 cm³/mol. The quantitative estimate of drug-likeness (QED) is 0.239. The van der Waals surface area contributed by atoms with Crippen LogP contribution in [0.3, 0.4) is 0 Å². The van der Waals surface area contributed by atoms with Gasteiger partial charge in [-0.25, -0.2) is 9.78 Å². The maximum atomic E-state index is 13.9. The fraction of sp³-hybridized carbons (Fsp3) is 0.207. The van der Waals surface area contributed by atoms with E-state index in [9.17, 15) is 9.59 Å². The Morgan fingerprint density at radius 1 is 0.892 bits per heavy atom. The van der Waals surface area contributed by atoms with Crippen LogP contribution in [0, 0.1) is 0 Å². The third-order valence-corrected chi connectivity index (χ3v) is 6.83. The molecule has 6 rings (SSSR count). The molecule has 0 aliphatic rings. The molecule has 0 N–H and O–H groups in total. The van der Waals surface area contributed by atoms with Crippen LogP contribution in [0.4, 0.5) is 0 Å². The summed E-state index contributed by atoms with van der Waals surface area (Å²) in [6.45, 7) is 1.67. The van der Waals surface area contributed by atoms with Crippen LogP contribution in [0.5, 0.6) is 0 Å². The Morgan fingerprint density at radius 2 is 1.65 bits per heavy atom. The van der Waals surface area contributed by atoms with Gasteiger partial charge in [0.25, 0.3) is 5.56 Å². The van der Waals surface area contributed by atoms with E-state index >= 15 is 0 Å². The van der Waals surface area contributed by atoms with Gasteiger partial charge < -0.3 is 14.0 Å². The van der Waals surface area contributed by atoms with E-state index in [-0.39, 0.29) is 5.56 Å². The number of methoxy groups -OCH3 is 2. The normalized spacial score (nSPS) is 11.7. The molecule has 8 nitrogen and oxygen atoms in total. The molecular formula is C29H26N4O4. The van der Waals surface area contributed by atoms with Crippen LogP contribution < -0.4 is 5.56 Å². The summed E-state index contributed by atoms with van der Waals surface area (Å²) in [5, 5.41) is 1.42.